The molecule has 0 aromatic carbocycles. The van der Waals surface area contributed by atoms with Gasteiger partial charge in [0.15, 0.2) is 0 Å². The van der Waals surface area contributed by atoms with Gasteiger partial charge in [0.25, 0.3) is 5.91 Å². The van der Waals surface area contributed by atoms with E-state index in [2.05, 4.69) is 16.0 Å². The summed E-state index contributed by atoms with van der Waals surface area (Å²) in [5, 5.41) is 12.7. The van der Waals surface area contributed by atoms with Crippen molar-refractivity contribution in [2.45, 2.75) is 19.3 Å². The van der Waals surface area contributed by atoms with E-state index in [1.54, 1.807) is 18.6 Å². The van der Waals surface area contributed by atoms with Gasteiger partial charge in [-0.1, -0.05) is 0 Å². The average Bonchev–Trinajstić information content (AvgIpc) is 3.09. The first-order valence-corrected chi connectivity index (χ1v) is 8.86. The Labute approximate surface area is 141 Å². The molecule has 0 aliphatic carbocycles. The second-order valence-corrected chi connectivity index (χ2v) is 6.76. The van der Waals surface area contributed by atoms with Crippen molar-refractivity contribution in [3.63, 3.8) is 0 Å². The molecule has 6 nitrogen and oxygen atoms in total. The largest absolute Gasteiger partial charge is 0.384 e. The second kappa shape index (κ2) is 9.00. The van der Waals surface area contributed by atoms with Crippen molar-refractivity contribution < 1.29 is 14.3 Å². The summed E-state index contributed by atoms with van der Waals surface area (Å²) in [5.41, 5.74) is 0.666. The van der Waals surface area contributed by atoms with E-state index in [0.29, 0.717) is 25.3 Å². The third-order valence-corrected chi connectivity index (χ3v) is 4.88. The molecule has 3 N–H and O–H groups in total. The quantitative estimate of drug-likeness (QED) is 0.660. The van der Waals surface area contributed by atoms with Crippen molar-refractivity contribution >= 4 is 23.2 Å². The van der Waals surface area contributed by atoms with E-state index >= 15 is 0 Å². The summed E-state index contributed by atoms with van der Waals surface area (Å²) in [6, 6.07) is 1.77. The maximum absolute atomic E-state index is 12.0. The zero-order valence-corrected chi connectivity index (χ0v) is 14.3. The number of methoxy groups -OCH3 is 1. The number of hydrogen-bond donors (Lipinski definition) is 3. The molecule has 0 radical (unpaired) electrons. The van der Waals surface area contributed by atoms with Gasteiger partial charge in [-0.2, -0.15) is 11.3 Å². The van der Waals surface area contributed by atoms with Crippen molar-refractivity contribution in [1.29, 1.82) is 0 Å². The van der Waals surface area contributed by atoms with Gasteiger partial charge in [-0.3, -0.25) is 9.59 Å². The topological polar surface area (TPSA) is 79.5 Å². The smallest absolute Gasteiger partial charge is 0.252 e. The maximum Gasteiger partial charge on any atom is 0.252 e. The molecule has 1 aromatic rings. The van der Waals surface area contributed by atoms with Gasteiger partial charge in [0, 0.05) is 43.0 Å². The monoisotopic (exact) mass is 339 g/mol. The summed E-state index contributed by atoms with van der Waals surface area (Å²) in [6.07, 6.45) is 2.28. The van der Waals surface area contributed by atoms with Crippen LogP contribution in [0.4, 0.5) is 0 Å². The van der Waals surface area contributed by atoms with Crippen LogP contribution in [0.25, 0.3) is 0 Å². The van der Waals surface area contributed by atoms with Crippen LogP contribution in [-0.2, 0) is 9.53 Å². The fraction of sp³-hybridized carbons (Fsp3) is 0.625. The molecule has 1 saturated heterocycles. The summed E-state index contributed by atoms with van der Waals surface area (Å²) in [5.74, 6) is -0.169. The predicted octanol–water partition coefficient (Wildman–Crippen LogP) is 1.00. The molecule has 0 unspecified atom stereocenters. The zero-order chi connectivity index (χ0) is 16.5. The standard InChI is InChI=1S/C16H25N3O3S/c1-22-12-16(4-7-17-8-5-16)11-19-14(20)2-6-18-15(21)13-3-9-23-10-13/h3,9-10,17H,2,4-8,11-12H2,1H3,(H,18,21)(H,19,20). The van der Waals surface area contributed by atoms with Crippen molar-refractivity contribution in [2.24, 2.45) is 5.41 Å². The molecule has 2 heterocycles. The van der Waals surface area contributed by atoms with Crippen LogP contribution < -0.4 is 16.0 Å². The Morgan fingerprint density at radius 1 is 1.35 bits per heavy atom. The Morgan fingerprint density at radius 3 is 2.78 bits per heavy atom. The van der Waals surface area contributed by atoms with Crippen molar-refractivity contribution in [1.82, 2.24) is 16.0 Å². The lowest BCUT2D eigenvalue weighted by Gasteiger charge is -2.37. The van der Waals surface area contributed by atoms with Crippen LogP contribution in [0.5, 0.6) is 0 Å². The lowest BCUT2D eigenvalue weighted by Crippen LogP contribution is -2.47. The first-order chi connectivity index (χ1) is 11.2. The number of carbonyl (C=O) groups excluding carboxylic acids is 2. The van der Waals surface area contributed by atoms with Crippen molar-refractivity contribution in [2.75, 3.05) is 39.9 Å². The summed E-state index contributed by atoms with van der Waals surface area (Å²) in [7, 11) is 1.70. The lowest BCUT2D eigenvalue weighted by atomic mass is 9.79. The minimum atomic E-state index is -0.131. The number of ether oxygens (including phenoxy) is 1. The molecule has 0 saturated carbocycles. The van der Waals surface area contributed by atoms with Crippen LogP contribution in [0.1, 0.15) is 29.6 Å². The van der Waals surface area contributed by atoms with E-state index in [0.717, 1.165) is 25.9 Å². The fourth-order valence-corrected chi connectivity index (χ4v) is 3.43. The molecule has 128 valence electrons. The zero-order valence-electron chi connectivity index (χ0n) is 13.5. The molecule has 1 aliphatic heterocycles. The third kappa shape index (κ3) is 5.60. The van der Waals surface area contributed by atoms with E-state index in [1.165, 1.54) is 11.3 Å². The molecular formula is C16H25N3O3S. The predicted molar refractivity (Wildman–Crippen MR) is 90.7 cm³/mol. The van der Waals surface area contributed by atoms with Crippen LogP contribution in [0.2, 0.25) is 0 Å². The Kier molecular flexibility index (Phi) is 7.01. The first kappa shape index (κ1) is 17.9. The van der Waals surface area contributed by atoms with Gasteiger partial charge in [-0.15, -0.1) is 0 Å². The summed E-state index contributed by atoms with van der Waals surface area (Å²) < 4.78 is 5.34. The molecule has 2 rings (SSSR count). The molecule has 1 aromatic heterocycles. The highest BCUT2D eigenvalue weighted by molar-refractivity contribution is 7.08. The highest BCUT2D eigenvalue weighted by Gasteiger charge is 2.32. The number of thiophene rings is 1. The molecule has 1 fully saturated rings. The number of piperidine rings is 1. The number of amides is 2. The highest BCUT2D eigenvalue weighted by Crippen LogP contribution is 2.28. The van der Waals surface area contributed by atoms with Crippen LogP contribution in [-0.4, -0.2) is 51.7 Å². The van der Waals surface area contributed by atoms with E-state index in [-0.39, 0.29) is 23.7 Å². The van der Waals surface area contributed by atoms with Crippen LogP contribution in [0.15, 0.2) is 16.8 Å². The van der Waals surface area contributed by atoms with Gasteiger partial charge in [0.1, 0.15) is 0 Å². The van der Waals surface area contributed by atoms with E-state index in [1.807, 2.05) is 5.38 Å². The normalized spacial score (nSPS) is 16.7. The summed E-state index contributed by atoms with van der Waals surface area (Å²) in [6.45, 7) is 3.54. The average molecular weight is 339 g/mol. The Morgan fingerprint density at radius 2 is 2.13 bits per heavy atom. The van der Waals surface area contributed by atoms with Gasteiger partial charge < -0.3 is 20.7 Å². The molecule has 0 bridgehead atoms. The summed E-state index contributed by atoms with van der Waals surface area (Å²) in [4.78, 5) is 23.8. The first-order valence-electron chi connectivity index (χ1n) is 7.92. The molecule has 0 atom stereocenters. The van der Waals surface area contributed by atoms with E-state index < -0.39 is 0 Å². The molecule has 1 aliphatic rings. The molecular weight excluding hydrogens is 314 g/mol. The van der Waals surface area contributed by atoms with Gasteiger partial charge in [-0.25, -0.2) is 0 Å². The van der Waals surface area contributed by atoms with Gasteiger partial charge in [-0.05, 0) is 37.4 Å². The van der Waals surface area contributed by atoms with Gasteiger partial charge in [0.2, 0.25) is 5.91 Å². The summed E-state index contributed by atoms with van der Waals surface area (Å²) >= 11 is 1.48. The van der Waals surface area contributed by atoms with Crippen LogP contribution in [0, 0.1) is 5.41 Å². The molecule has 2 amide bonds. The Balaban J connectivity index is 1.68. The molecule has 0 spiro atoms. The second-order valence-electron chi connectivity index (χ2n) is 5.98. The number of rotatable bonds is 8. The van der Waals surface area contributed by atoms with Crippen molar-refractivity contribution in [3.05, 3.63) is 22.4 Å². The maximum atomic E-state index is 12.0. The number of hydrogen-bond acceptors (Lipinski definition) is 5. The van der Waals surface area contributed by atoms with Gasteiger partial charge >= 0.3 is 0 Å². The van der Waals surface area contributed by atoms with E-state index in [9.17, 15) is 9.59 Å². The van der Waals surface area contributed by atoms with Crippen LogP contribution >= 0.6 is 11.3 Å². The van der Waals surface area contributed by atoms with Crippen LogP contribution in [0.3, 0.4) is 0 Å². The SMILES string of the molecule is COCC1(CNC(=O)CCNC(=O)c2ccsc2)CCNCC1. The fourth-order valence-electron chi connectivity index (χ4n) is 2.80. The van der Waals surface area contributed by atoms with Crippen molar-refractivity contribution in [3.8, 4) is 0 Å². The highest BCUT2D eigenvalue weighted by atomic mass is 32.1. The molecule has 23 heavy (non-hydrogen) atoms. The Bertz CT molecular complexity index is 493. The minimum absolute atomic E-state index is 0.0234. The Hall–Kier alpha value is -1.44. The third-order valence-electron chi connectivity index (χ3n) is 4.20. The van der Waals surface area contributed by atoms with E-state index in [4.69, 9.17) is 4.74 Å². The van der Waals surface area contributed by atoms with Gasteiger partial charge in [0.05, 0.1) is 6.61 Å². The number of carbonyl (C=O) groups is 2. The number of nitrogens with one attached hydrogen (secondary N) is 3. The lowest BCUT2D eigenvalue weighted by molar-refractivity contribution is -0.121. The minimum Gasteiger partial charge on any atom is -0.384 e. The molecule has 7 heteroatoms.